The minimum atomic E-state index is -3.60. The van der Waals surface area contributed by atoms with E-state index in [0.717, 1.165) is 0 Å². The van der Waals surface area contributed by atoms with E-state index in [9.17, 15) is 9.36 Å². The average molecular weight is 462 g/mol. The van der Waals surface area contributed by atoms with Gasteiger partial charge in [0.25, 0.3) is 0 Å². The maximum atomic E-state index is 13.5. The van der Waals surface area contributed by atoms with Crippen molar-refractivity contribution in [2.45, 2.75) is 39.5 Å². The van der Waals surface area contributed by atoms with Crippen LogP contribution >= 0.6 is 7.52 Å². The van der Waals surface area contributed by atoms with Crippen LogP contribution < -0.4 is 15.3 Å². The molecule has 11 nitrogen and oxygen atoms in total. The van der Waals surface area contributed by atoms with Crippen molar-refractivity contribution >= 4 is 30.5 Å². The van der Waals surface area contributed by atoms with Gasteiger partial charge in [0.05, 0.1) is 19.0 Å². The van der Waals surface area contributed by atoms with E-state index in [1.807, 2.05) is 6.07 Å². The number of ether oxygens (including phenoxy) is 2. The summed E-state index contributed by atoms with van der Waals surface area (Å²) >= 11 is 0. The minimum absolute atomic E-state index is 0.198. The summed E-state index contributed by atoms with van der Waals surface area (Å²) in [6, 6.07) is 7.83. The van der Waals surface area contributed by atoms with E-state index in [0.29, 0.717) is 29.3 Å². The van der Waals surface area contributed by atoms with E-state index >= 15 is 0 Å². The topological polar surface area (TPSA) is 143 Å². The number of para-hydroxylation sites is 1. The van der Waals surface area contributed by atoms with Crippen LogP contribution in [0, 0.1) is 0 Å². The number of fused-ring (bicyclic) bond motifs is 1. The van der Waals surface area contributed by atoms with Gasteiger partial charge in [-0.05, 0) is 32.9 Å². The van der Waals surface area contributed by atoms with Crippen LogP contribution in [0.15, 0.2) is 43.0 Å². The molecule has 0 saturated heterocycles. The predicted molar refractivity (Wildman–Crippen MR) is 119 cm³/mol. The van der Waals surface area contributed by atoms with Gasteiger partial charge in [-0.25, -0.2) is 20.0 Å². The molecule has 0 fully saturated rings. The Hall–Kier alpha value is -3.01. The normalized spacial score (nSPS) is 14.2. The Kier molecular flexibility index (Phi) is 7.79. The molecule has 2 atom stereocenters. The summed E-state index contributed by atoms with van der Waals surface area (Å²) in [4.78, 5) is 24.5. The van der Waals surface area contributed by atoms with Gasteiger partial charge in [0, 0.05) is 6.54 Å². The predicted octanol–water partition coefficient (Wildman–Crippen LogP) is 2.58. The van der Waals surface area contributed by atoms with Gasteiger partial charge in [0.2, 0.25) is 0 Å². The SMILES string of the molecule is CC(C)OC(=O)C(C)NP(=O)(COCCn1cnc2c(N)ncnc21)Oc1ccccc1. The largest absolute Gasteiger partial charge is 0.462 e. The van der Waals surface area contributed by atoms with E-state index in [-0.39, 0.29) is 19.1 Å². The van der Waals surface area contributed by atoms with Gasteiger partial charge >= 0.3 is 13.5 Å². The number of imidazole rings is 1. The first-order chi connectivity index (χ1) is 15.3. The third-order valence-electron chi connectivity index (χ3n) is 4.26. The fourth-order valence-corrected chi connectivity index (χ4v) is 4.54. The van der Waals surface area contributed by atoms with Gasteiger partial charge < -0.3 is 24.3 Å². The zero-order chi connectivity index (χ0) is 23.1. The van der Waals surface area contributed by atoms with E-state index in [2.05, 4.69) is 20.0 Å². The molecule has 0 spiro atoms. The molecule has 0 aliphatic rings. The molecular weight excluding hydrogens is 435 g/mol. The van der Waals surface area contributed by atoms with E-state index in [1.165, 1.54) is 6.33 Å². The molecule has 2 heterocycles. The van der Waals surface area contributed by atoms with Crippen molar-refractivity contribution in [2.24, 2.45) is 0 Å². The lowest BCUT2D eigenvalue weighted by Crippen LogP contribution is -2.36. The van der Waals surface area contributed by atoms with E-state index in [4.69, 9.17) is 19.7 Å². The number of anilines is 1. The molecule has 2 aromatic heterocycles. The number of hydrogen-bond acceptors (Lipinski definition) is 9. The molecule has 0 aliphatic carbocycles. The molecular formula is C20H27N6O5P. The van der Waals surface area contributed by atoms with Crippen LogP contribution in [0.3, 0.4) is 0 Å². The number of esters is 1. The van der Waals surface area contributed by atoms with Gasteiger partial charge in [-0.2, -0.15) is 0 Å². The standard InChI is InChI=1S/C20H27N6O5P/c1-14(2)30-20(27)15(3)25-32(28,31-16-7-5-4-6-8-16)13-29-10-9-26-12-24-17-18(21)22-11-23-19(17)26/h4-8,11-12,14-15H,9-10,13H2,1-3H3,(H,25,28)(H2,21,22,23). The Morgan fingerprint density at radius 3 is 2.66 bits per heavy atom. The fourth-order valence-electron chi connectivity index (χ4n) is 2.83. The summed E-state index contributed by atoms with van der Waals surface area (Å²) in [7, 11) is -3.60. The lowest BCUT2D eigenvalue weighted by atomic mass is 10.3. The molecule has 3 aromatic rings. The summed E-state index contributed by atoms with van der Waals surface area (Å²) in [5.41, 5.74) is 6.88. The molecule has 3 N–H and O–H groups in total. The van der Waals surface area contributed by atoms with E-state index < -0.39 is 19.5 Å². The molecule has 0 aliphatic heterocycles. The van der Waals surface area contributed by atoms with Gasteiger partial charge in [-0.3, -0.25) is 9.36 Å². The van der Waals surface area contributed by atoms with Crippen LogP contribution in [0.5, 0.6) is 5.75 Å². The Balaban J connectivity index is 1.64. The number of hydrogen-bond donors (Lipinski definition) is 2. The van der Waals surface area contributed by atoms with Crippen LogP contribution in [-0.2, 0) is 25.4 Å². The van der Waals surface area contributed by atoms with Gasteiger partial charge in [0.1, 0.15) is 30.0 Å². The Bertz CT molecular complexity index is 1090. The lowest BCUT2D eigenvalue weighted by Gasteiger charge is -2.24. The third kappa shape index (κ3) is 6.25. The number of aromatic nitrogens is 4. The molecule has 172 valence electrons. The fraction of sp³-hybridized carbons (Fsp3) is 0.400. The lowest BCUT2D eigenvalue weighted by molar-refractivity contribution is -0.149. The molecule has 3 rings (SSSR count). The monoisotopic (exact) mass is 462 g/mol. The van der Waals surface area contributed by atoms with Crippen LogP contribution in [0.1, 0.15) is 20.8 Å². The van der Waals surface area contributed by atoms with Gasteiger partial charge in [-0.15, -0.1) is 0 Å². The number of carbonyl (C=O) groups is 1. The molecule has 0 radical (unpaired) electrons. The van der Waals surface area contributed by atoms with Crippen molar-refractivity contribution in [1.82, 2.24) is 24.6 Å². The van der Waals surface area contributed by atoms with E-state index in [1.54, 1.807) is 55.9 Å². The molecule has 0 amide bonds. The van der Waals surface area contributed by atoms with Crippen molar-refractivity contribution in [2.75, 3.05) is 18.7 Å². The maximum Gasteiger partial charge on any atom is 0.342 e. The number of nitrogen functional groups attached to an aromatic ring is 1. The molecule has 32 heavy (non-hydrogen) atoms. The van der Waals surface area contributed by atoms with Crippen LogP contribution in [-0.4, -0.2) is 50.6 Å². The van der Waals surface area contributed by atoms with Crippen molar-refractivity contribution in [3.05, 3.63) is 43.0 Å². The van der Waals surface area contributed by atoms with Crippen molar-refractivity contribution < 1.29 is 23.4 Å². The Morgan fingerprint density at radius 2 is 1.94 bits per heavy atom. The van der Waals surface area contributed by atoms with Crippen molar-refractivity contribution in [3.63, 3.8) is 0 Å². The number of rotatable bonds is 11. The Morgan fingerprint density at radius 1 is 1.19 bits per heavy atom. The average Bonchev–Trinajstić information content (AvgIpc) is 3.16. The maximum absolute atomic E-state index is 13.5. The van der Waals surface area contributed by atoms with Gasteiger partial charge in [0.15, 0.2) is 11.5 Å². The summed E-state index contributed by atoms with van der Waals surface area (Å²) in [6.07, 6.45) is 2.40. The number of nitrogens with two attached hydrogens (primary N) is 1. The number of nitrogens with zero attached hydrogens (tertiary/aromatic N) is 4. The molecule has 2 unspecified atom stereocenters. The smallest absolute Gasteiger partial charge is 0.342 e. The highest BCUT2D eigenvalue weighted by molar-refractivity contribution is 7.57. The second kappa shape index (κ2) is 10.5. The number of nitrogens with one attached hydrogen (secondary N) is 1. The zero-order valence-corrected chi connectivity index (χ0v) is 19.1. The molecule has 12 heteroatoms. The quantitative estimate of drug-likeness (QED) is 0.248. The third-order valence-corrected chi connectivity index (χ3v) is 6.07. The summed E-state index contributed by atoms with van der Waals surface area (Å²) in [6.45, 7) is 5.64. The summed E-state index contributed by atoms with van der Waals surface area (Å²) in [5, 5.41) is 2.76. The molecule has 0 bridgehead atoms. The first kappa shape index (κ1) is 23.6. The molecule has 1 aromatic carbocycles. The highest BCUT2D eigenvalue weighted by atomic mass is 31.2. The number of carbonyl (C=O) groups excluding carboxylic acids is 1. The van der Waals surface area contributed by atoms with Gasteiger partial charge in [-0.1, -0.05) is 18.2 Å². The highest BCUT2D eigenvalue weighted by Gasteiger charge is 2.31. The first-order valence-corrected chi connectivity index (χ1v) is 11.9. The van der Waals surface area contributed by atoms with Crippen LogP contribution in [0.2, 0.25) is 0 Å². The second-order valence-electron chi connectivity index (χ2n) is 7.32. The van der Waals surface area contributed by atoms with Crippen LogP contribution in [0.4, 0.5) is 5.82 Å². The molecule has 0 saturated carbocycles. The second-order valence-corrected chi connectivity index (χ2v) is 9.37. The summed E-state index contributed by atoms with van der Waals surface area (Å²) in [5.74, 6) is 0.157. The minimum Gasteiger partial charge on any atom is -0.462 e. The Labute approximate surface area is 185 Å². The van der Waals surface area contributed by atoms with Crippen molar-refractivity contribution in [3.8, 4) is 5.75 Å². The first-order valence-electron chi connectivity index (χ1n) is 10.1. The zero-order valence-electron chi connectivity index (χ0n) is 18.2. The van der Waals surface area contributed by atoms with Crippen molar-refractivity contribution in [1.29, 1.82) is 0 Å². The number of benzene rings is 1. The highest BCUT2D eigenvalue weighted by Crippen LogP contribution is 2.43. The van der Waals surface area contributed by atoms with Crippen LogP contribution in [0.25, 0.3) is 11.2 Å². The summed E-state index contributed by atoms with van der Waals surface area (Å²) < 4.78 is 31.8.